The zero-order valence-electron chi connectivity index (χ0n) is 12.1. The Labute approximate surface area is 138 Å². The normalized spacial score (nSPS) is 10.5. The zero-order valence-corrected chi connectivity index (χ0v) is 12.9. The molecule has 0 aromatic heterocycles. The van der Waals surface area contributed by atoms with Crippen LogP contribution in [-0.4, -0.2) is 17.6 Å². The number of carbonyl (C=O) groups excluding carboxylic acids is 1. The first-order valence-electron chi connectivity index (χ1n) is 7.02. The van der Waals surface area contributed by atoms with Crippen molar-refractivity contribution in [1.82, 2.24) is 0 Å². The monoisotopic (exact) mass is 327 g/mol. The van der Waals surface area contributed by atoms with Gasteiger partial charge in [0.25, 0.3) is 5.91 Å². The maximum atomic E-state index is 11.9. The quantitative estimate of drug-likeness (QED) is 0.705. The van der Waals surface area contributed by atoms with Crippen molar-refractivity contribution in [1.29, 1.82) is 0 Å². The van der Waals surface area contributed by atoms with Gasteiger partial charge in [0.1, 0.15) is 11.5 Å². The van der Waals surface area contributed by atoms with Crippen LogP contribution in [0.15, 0.2) is 60.7 Å². The molecular weight excluding hydrogens is 314 g/mol. The van der Waals surface area contributed by atoms with Crippen molar-refractivity contribution < 1.29 is 14.6 Å². The molecule has 3 aromatic rings. The summed E-state index contributed by atoms with van der Waals surface area (Å²) in [5.41, 5.74) is 0.500. The van der Waals surface area contributed by atoms with Crippen LogP contribution in [0.3, 0.4) is 0 Å². The van der Waals surface area contributed by atoms with E-state index in [4.69, 9.17) is 16.3 Å². The van der Waals surface area contributed by atoms with Gasteiger partial charge in [-0.25, -0.2) is 0 Å². The van der Waals surface area contributed by atoms with E-state index in [2.05, 4.69) is 5.32 Å². The van der Waals surface area contributed by atoms with E-state index in [0.29, 0.717) is 11.4 Å². The summed E-state index contributed by atoms with van der Waals surface area (Å²) in [5, 5.41) is 14.3. The third kappa shape index (κ3) is 3.73. The van der Waals surface area contributed by atoms with Crippen LogP contribution in [0, 0.1) is 0 Å². The molecule has 0 unspecified atom stereocenters. The molecule has 3 aromatic carbocycles. The number of nitrogens with one attached hydrogen (secondary N) is 1. The average molecular weight is 328 g/mol. The third-order valence-electron chi connectivity index (χ3n) is 3.32. The Hall–Kier alpha value is -2.72. The first-order chi connectivity index (χ1) is 11.1. The molecule has 4 nitrogen and oxygen atoms in total. The zero-order chi connectivity index (χ0) is 16.2. The van der Waals surface area contributed by atoms with E-state index in [-0.39, 0.29) is 23.3 Å². The minimum Gasteiger partial charge on any atom is -0.506 e. The molecule has 0 saturated carbocycles. The van der Waals surface area contributed by atoms with Gasteiger partial charge in [-0.2, -0.15) is 0 Å². The summed E-state index contributed by atoms with van der Waals surface area (Å²) in [4.78, 5) is 11.9. The number of benzene rings is 3. The van der Waals surface area contributed by atoms with Crippen molar-refractivity contribution in [2.75, 3.05) is 11.9 Å². The Kier molecular flexibility index (Phi) is 4.35. The van der Waals surface area contributed by atoms with Gasteiger partial charge in [0.05, 0.1) is 5.02 Å². The average Bonchev–Trinajstić information content (AvgIpc) is 2.56. The number of ether oxygens (including phenoxy) is 1. The van der Waals surface area contributed by atoms with E-state index < -0.39 is 0 Å². The molecule has 116 valence electrons. The fourth-order valence-electron chi connectivity index (χ4n) is 2.19. The molecule has 0 saturated heterocycles. The highest BCUT2D eigenvalue weighted by atomic mass is 35.5. The van der Waals surface area contributed by atoms with E-state index in [1.165, 1.54) is 12.1 Å². The molecule has 0 radical (unpaired) electrons. The summed E-state index contributed by atoms with van der Waals surface area (Å²) < 4.78 is 5.51. The second kappa shape index (κ2) is 6.58. The van der Waals surface area contributed by atoms with Crippen molar-refractivity contribution in [3.8, 4) is 11.5 Å². The van der Waals surface area contributed by atoms with Gasteiger partial charge < -0.3 is 15.2 Å². The Bertz CT molecular complexity index is 864. The highest BCUT2D eigenvalue weighted by Crippen LogP contribution is 2.26. The SMILES string of the molecule is O=C(COc1ccc2ccccc2c1)Nc1ccc(O)c(Cl)c1. The molecule has 0 aliphatic carbocycles. The number of phenols is 1. The van der Waals surface area contributed by atoms with Crippen LogP contribution in [0.25, 0.3) is 10.8 Å². The van der Waals surface area contributed by atoms with Gasteiger partial charge in [-0.3, -0.25) is 4.79 Å². The van der Waals surface area contributed by atoms with E-state index in [1.807, 2.05) is 42.5 Å². The molecule has 5 heteroatoms. The molecule has 0 aliphatic rings. The fourth-order valence-corrected chi connectivity index (χ4v) is 2.37. The second-order valence-electron chi connectivity index (χ2n) is 5.01. The van der Waals surface area contributed by atoms with Crippen LogP contribution >= 0.6 is 11.6 Å². The molecule has 0 heterocycles. The highest BCUT2D eigenvalue weighted by molar-refractivity contribution is 6.32. The van der Waals surface area contributed by atoms with E-state index in [0.717, 1.165) is 10.8 Å². The first-order valence-corrected chi connectivity index (χ1v) is 7.39. The van der Waals surface area contributed by atoms with Crippen molar-refractivity contribution in [2.24, 2.45) is 0 Å². The lowest BCUT2D eigenvalue weighted by Gasteiger charge is -2.09. The minimum absolute atomic E-state index is 0.0305. The van der Waals surface area contributed by atoms with Crippen molar-refractivity contribution in [3.63, 3.8) is 0 Å². The number of carbonyl (C=O) groups is 1. The number of hydrogen-bond acceptors (Lipinski definition) is 3. The predicted octanol–water partition coefficient (Wildman–Crippen LogP) is 4.22. The van der Waals surface area contributed by atoms with Gasteiger partial charge in [-0.15, -0.1) is 0 Å². The summed E-state index contributed by atoms with van der Waals surface area (Å²) in [6.45, 7) is -0.114. The van der Waals surface area contributed by atoms with Crippen molar-refractivity contribution in [3.05, 3.63) is 65.7 Å². The summed E-state index contributed by atoms with van der Waals surface area (Å²) >= 11 is 5.79. The Morgan fingerprint density at radius 1 is 1.04 bits per heavy atom. The van der Waals surface area contributed by atoms with Gasteiger partial charge in [-0.1, -0.05) is 41.9 Å². The largest absolute Gasteiger partial charge is 0.506 e. The topological polar surface area (TPSA) is 58.6 Å². The summed E-state index contributed by atoms with van der Waals surface area (Å²) in [6, 6.07) is 18.0. The fraction of sp³-hybridized carbons (Fsp3) is 0.0556. The second-order valence-corrected chi connectivity index (χ2v) is 5.42. The molecule has 0 bridgehead atoms. The van der Waals surface area contributed by atoms with E-state index in [9.17, 15) is 9.90 Å². The van der Waals surface area contributed by atoms with Crippen LogP contribution < -0.4 is 10.1 Å². The van der Waals surface area contributed by atoms with Crippen LogP contribution in [0.2, 0.25) is 5.02 Å². The Morgan fingerprint density at radius 3 is 2.61 bits per heavy atom. The molecule has 2 N–H and O–H groups in total. The molecule has 0 aliphatic heterocycles. The lowest BCUT2D eigenvalue weighted by atomic mass is 10.1. The lowest BCUT2D eigenvalue weighted by Crippen LogP contribution is -2.20. The molecule has 3 rings (SSSR count). The maximum absolute atomic E-state index is 11.9. The molecule has 0 atom stereocenters. The molecule has 0 spiro atoms. The number of halogens is 1. The lowest BCUT2D eigenvalue weighted by molar-refractivity contribution is -0.118. The van der Waals surface area contributed by atoms with Crippen LogP contribution in [-0.2, 0) is 4.79 Å². The number of rotatable bonds is 4. The number of amides is 1. The number of phenolic OH excluding ortho intramolecular Hbond substituents is 1. The van der Waals surface area contributed by atoms with E-state index in [1.54, 1.807) is 6.07 Å². The van der Waals surface area contributed by atoms with Crippen LogP contribution in [0.5, 0.6) is 11.5 Å². The number of aromatic hydroxyl groups is 1. The van der Waals surface area contributed by atoms with E-state index >= 15 is 0 Å². The van der Waals surface area contributed by atoms with Crippen molar-refractivity contribution >= 4 is 34.0 Å². The molecular formula is C18H14ClNO3. The third-order valence-corrected chi connectivity index (χ3v) is 3.63. The van der Waals surface area contributed by atoms with Crippen molar-refractivity contribution in [2.45, 2.75) is 0 Å². The number of hydrogen-bond donors (Lipinski definition) is 2. The summed E-state index contributed by atoms with van der Waals surface area (Å²) in [6.07, 6.45) is 0. The Morgan fingerprint density at radius 2 is 1.83 bits per heavy atom. The Balaban J connectivity index is 1.62. The number of anilines is 1. The first kappa shape index (κ1) is 15.2. The summed E-state index contributed by atoms with van der Waals surface area (Å²) in [5.74, 6) is 0.291. The van der Waals surface area contributed by atoms with Gasteiger partial charge >= 0.3 is 0 Å². The standard InChI is InChI=1S/C18H14ClNO3/c19-16-10-14(6-8-17(16)21)20-18(22)11-23-15-7-5-12-3-1-2-4-13(12)9-15/h1-10,21H,11H2,(H,20,22). The van der Waals surface area contributed by atoms with Gasteiger partial charge in [0.2, 0.25) is 0 Å². The summed E-state index contributed by atoms with van der Waals surface area (Å²) in [7, 11) is 0. The minimum atomic E-state index is -0.306. The molecule has 23 heavy (non-hydrogen) atoms. The predicted molar refractivity (Wildman–Crippen MR) is 91.2 cm³/mol. The smallest absolute Gasteiger partial charge is 0.262 e. The van der Waals surface area contributed by atoms with Gasteiger partial charge in [0, 0.05) is 5.69 Å². The number of fused-ring (bicyclic) bond motifs is 1. The molecule has 0 fully saturated rings. The molecule has 1 amide bonds. The van der Waals surface area contributed by atoms with Gasteiger partial charge in [-0.05, 0) is 41.1 Å². The van der Waals surface area contributed by atoms with Gasteiger partial charge in [0.15, 0.2) is 6.61 Å². The highest BCUT2D eigenvalue weighted by Gasteiger charge is 2.06. The maximum Gasteiger partial charge on any atom is 0.262 e. The van der Waals surface area contributed by atoms with Crippen LogP contribution in [0.1, 0.15) is 0 Å². The van der Waals surface area contributed by atoms with Crippen LogP contribution in [0.4, 0.5) is 5.69 Å².